The van der Waals surface area contributed by atoms with Crippen LogP contribution in [0, 0.1) is 0 Å². The van der Waals surface area contributed by atoms with Gasteiger partial charge in [-0.3, -0.25) is 4.79 Å². The van der Waals surface area contributed by atoms with Crippen molar-refractivity contribution in [1.29, 1.82) is 0 Å². The van der Waals surface area contributed by atoms with Crippen LogP contribution in [0.1, 0.15) is 12.5 Å². The highest BCUT2D eigenvalue weighted by atomic mass is 35.5. The van der Waals surface area contributed by atoms with Crippen LogP contribution in [0.15, 0.2) is 54.6 Å². The molecule has 1 N–H and O–H groups in total. The summed E-state index contributed by atoms with van der Waals surface area (Å²) in [6.07, 6.45) is 3.18. The first-order chi connectivity index (χ1) is 10.2. The Balaban J connectivity index is 2.05. The van der Waals surface area contributed by atoms with Crippen molar-refractivity contribution in [3.05, 3.63) is 65.2 Å². The zero-order chi connectivity index (χ0) is 15.1. The Hall–Kier alpha value is -2.26. The normalized spacial score (nSPS) is 10.6. The summed E-state index contributed by atoms with van der Waals surface area (Å²) in [6, 6.07) is 14.6. The standard InChI is InChI=1S/C17H16ClNO2/c1-2-21-16-9-4-3-8-15(16)19-17(20)11-10-13-6-5-7-14(18)12-13/h3-12H,2H2,1H3,(H,19,20). The molecule has 4 heteroatoms. The molecule has 0 atom stereocenters. The van der Waals surface area contributed by atoms with Crippen molar-refractivity contribution in [2.24, 2.45) is 0 Å². The first-order valence-corrected chi connectivity index (χ1v) is 7.03. The minimum Gasteiger partial charge on any atom is -0.492 e. The quantitative estimate of drug-likeness (QED) is 0.832. The molecule has 2 rings (SSSR count). The van der Waals surface area contributed by atoms with Crippen LogP contribution in [0.3, 0.4) is 0 Å². The number of ether oxygens (including phenoxy) is 1. The molecule has 2 aromatic carbocycles. The number of rotatable bonds is 5. The largest absolute Gasteiger partial charge is 0.492 e. The third-order valence-corrected chi connectivity index (χ3v) is 2.96. The Morgan fingerprint density at radius 2 is 2.05 bits per heavy atom. The van der Waals surface area contributed by atoms with Gasteiger partial charge < -0.3 is 10.1 Å². The van der Waals surface area contributed by atoms with Gasteiger partial charge in [0.15, 0.2) is 0 Å². The van der Waals surface area contributed by atoms with Crippen molar-refractivity contribution in [3.8, 4) is 5.75 Å². The second-order valence-corrected chi connectivity index (χ2v) is 4.74. The van der Waals surface area contributed by atoms with Gasteiger partial charge in [-0.05, 0) is 42.8 Å². The molecule has 0 radical (unpaired) electrons. The summed E-state index contributed by atoms with van der Waals surface area (Å²) in [6.45, 7) is 2.45. The number of carbonyl (C=O) groups is 1. The van der Waals surface area contributed by atoms with Crippen molar-refractivity contribution in [3.63, 3.8) is 0 Å². The minimum absolute atomic E-state index is 0.220. The van der Waals surface area contributed by atoms with E-state index in [0.29, 0.717) is 23.1 Å². The van der Waals surface area contributed by atoms with E-state index in [9.17, 15) is 4.79 Å². The Bertz CT molecular complexity index is 653. The second kappa shape index (κ2) is 7.50. The molecule has 0 fully saturated rings. The molecule has 0 aromatic heterocycles. The van der Waals surface area contributed by atoms with E-state index in [1.54, 1.807) is 24.3 Å². The summed E-state index contributed by atoms with van der Waals surface area (Å²) in [5.74, 6) is 0.437. The average Bonchev–Trinajstić information content (AvgIpc) is 2.48. The van der Waals surface area contributed by atoms with Gasteiger partial charge in [0.05, 0.1) is 12.3 Å². The monoisotopic (exact) mass is 301 g/mol. The second-order valence-electron chi connectivity index (χ2n) is 4.31. The Morgan fingerprint density at radius 3 is 2.81 bits per heavy atom. The molecule has 3 nitrogen and oxygen atoms in total. The molecule has 108 valence electrons. The van der Waals surface area contributed by atoms with Crippen LogP contribution < -0.4 is 10.1 Å². The van der Waals surface area contributed by atoms with E-state index in [1.165, 1.54) is 6.08 Å². The van der Waals surface area contributed by atoms with Crippen molar-refractivity contribution in [2.45, 2.75) is 6.92 Å². The Morgan fingerprint density at radius 1 is 1.24 bits per heavy atom. The summed E-state index contributed by atoms with van der Waals surface area (Å²) < 4.78 is 5.46. The minimum atomic E-state index is -0.220. The fourth-order valence-corrected chi connectivity index (χ4v) is 2.01. The topological polar surface area (TPSA) is 38.3 Å². The summed E-state index contributed by atoms with van der Waals surface area (Å²) in [5, 5.41) is 3.43. The van der Waals surface area contributed by atoms with Crippen LogP contribution in [-0.2, 0) is 4.79 Å². The first kappa shape index (κ1) is 15.1. The van der Waals surface area contributed by atoms with Gasteiger partial charge in [0, 0.05) is 11.1 Å². The number of carbonyl (C=O) groups excluding carboxylic acids is 1. The van der Waals surface area contributed by atoms with Crippen LogP contribution in [0.4, 0.5) is 5.69 Å². The van der Waals surface area contributed by atoms with Gasteiger partial charge in [-0.15, -0.1) is 0 Å². The van der Waals surface area contributed by atoms with Crippen LogP contribution in [-0.4, -0.2) is 12.5 Å². The lowest BCUT2D eigenvalue weighted by atomic mass is 10.2. The van der Waals surface area contributed by atoms with Gasteiger partial charge >= 0.3 is 0 Å². The molecule has 0 heterocycles. The molecular weight excluding hydrogens is 286 g/mol. The van der Waals surface area contributed by atoms with Gasteiger partial charge in [-0.25, -0.2) is 0 Å². The highest BCUT2D eigenvalue weighted by Crippen LogP contribution is 2.23. The van der Waals surface area contributed by atoms with E-state index < -0.39 is 0 Å². The Labute approximate surface area is 129 Å². The lowest BCUT2D eigenvalue weighted by Gasteiger charge is -2.09. The summed E-state index contributed by atoms with van der Waals surface area (Å²) in [5.41, 5.74) is 1.52. The molecule has 0 unspecified atom stereocenters. The van der Waals surface area contributed by atoms with Crippen molar-refractivity contribution < 1.29 is 9.53 Å². The molecule has 0 bridgehead atoms. The number of hydrogen-bond acceptors (Lipinski definition) is 2. The van der Waals surface area contributed by atoms with E-state index in [0.717, 1.165) is 5.56 Å². The van der Waals surface area contributed by atoms with E-state index in [4.69, 9.17) is 16.3 Å². The fourth-order valence-electron chi connectivity index (χ4n) is 1.81. The smallest absolute Gasteiger partial charge is 0.248 e. The van der Waals surface area contributed by atoms with Crippen molar-refractivity contribution in [2.75, 3.05) is 11.9 Å². The molecule has 1 amide bonds. The first-order valence-electron chi connectivity index (χ1n) is 6.65. The molecule has 0 aliphatic heterocycles. The lowest BCUT2D eigenvalue weighted by molar-refractivity contribution is -0.111. The average molecular weight is 302 g/mol. The third kappa shape index (κ3) is 4.65. The fraction of sp³-hybridized carbons (Fsp3) is 0.118. The number of amides is 1. The number of halogens is 1. The van der Waals surface area contributed by atoms with Crippen LogP contribution in [0.2, 0.25) is 5.02 Å². The molecule has 0 aliphatic carbocycles. The predicted octanol–water partition coefficient (Wildman–Crippen LogP) is 4.39. The molecule has 2 aromatic rings. The molecule has 0 saturated carbocycles. The number of benzene rings is 2. The molecule has 21 heavy (non-hydrogen) atoms. The summed E-state index contributed by atoms with van der Waals surface area (Å²) in [4.78, 5) is 11.9. The summed E-state index contributed by atoms with van der Waals surface area (Å²) >= 11 is 5.89. The zero-order valence-corrected chi connectivity index (χ0v) is 12.4. The van der Waals surface area contributed by atoms with Crippen LogP contribution >= 0.6 is 11.6 Å². The SMILES string of the molecule is CCOc1ccccc1NC(=O)C=Cc1cccc(Cl)c1. The Kier molecular flexibility index (Phi) is 5.41. The maximum atomic E-state index is 11.9. The predicted molar refractivity (Wildman–Crippen MR) is 86.7 cm³/mol. The van der Waals surface area contributed by atoms with Gasteiger partial charge in [0.25, 0.3) is 0 Å². The van der Waals surface area contributed by atoms with Crippen molar-refractivity contribution >= 4 is 29.3 Å². The van der Waals surface area contributed by atoms with Gasteiger partial charge in [0.1, 0.15) is 5.75 Å². The molecule has 0 aliphatic rings. The molecule has 0 spiro atoms. The van der Waals surface area contributed by atoms with E-state index in [-0.39, 0.29) is 5.91 Å². The zero-order valence-electron chi connectivity index (χ0n) is 11.7. The highest BCUT2D eigenvalue weighted by Gasteiger charge is 2.04. The van der Waals surface area contributed by atoms with Crippen molar-refractivity contribution in [1.82, 2.24) is 0 Å². The van der Waals surface area contributed by atoms with Gasteiger partial charge in [-0.1, -0.05) is 35.9 Å². The number of hydrogen-bond donors (Lipinski definition) is 1. The van der Waals surface area contributed by atoms with Crippen LogP contribution in [0.5, 0.6) is 5.75 Å². The van der Waals surface area contributed by atoms with Crippen LogP contribution in [0.25, 0.3) is 6.08 Å². The summed E-state index contributed by atoms with van der Waals surface area (Å²) in [7, 11) is 0. The number of para-hydroxylation sites is 2. The van der Waals surface area contributed by atoms with Gasteiger partial charge in [0.2, 0.25) is 5.91 Å². The number of anilines is 1. The van der Waals surface area contributed by atoms with E-state index in [1.807, 2.05) is 37.3 Å². The van der Waals surface area contributed by atoms with E-state index in [2.05, 4.69) is 5.32 Å². The molecule has 0 saturated heterocycles. The maximum Gasteiger partial charge on any atom is 0.248 e. The number of nitrogens with one attached hydrogen (secondary N) is 1. The third-order valence-electron chi connectivity index (χ3n) is 2.72. The lowest BCUT2D eigenvalue weighted by Crippen LogP contribution is -2.09. The molecular formula is C17H16ClNO2. The maximum absolute atomic E-state index is 11.9. The van der Waals surface area contributed by atoms with E-state index >= 15 is 0 Å². The highest BCUT2D eigenvalue weighted by molar-refractivity contribution is 6.30. The van der Waals surface area contributed by atoms with Gasteiger partial charge in [-0.2, -0.15) is 0 Å².